The van der Waals surface area contributed by atoms with Crippen LogP contribution in [0.2, 0.25) is 0 Å². The Morgan fingerprint density at radius 1 is 1.12 bits per heavy atom. The molecule has 7 heteroatoms. The number of nitrogens with zero attached hydrogens (tertiary/aromatic N) is 3. The van der Waals surface area contributed by atoms with Gasteiger partial charge in [0.05, 0.1) is 24.8 Å². The molecule has 2 aromatic carbocycles. The minimum absolute atomic E-state index is 0.0977. The summed E-state index contributed by atoms with van der Waals surface area (Å²) in [6, 6.07) is 14.0. The summed E-state index contributed by atoms with van der Waals surface area (Å²) >= 11 is 0. The van der Waals surface area contributed by atoms with Crippen LogP contribution in [0.4, 0.5) is 0 Å². The molecule has 1 saturated heterocycles. The number of rotatable bonds is 7. The van der Waals surface area contributed by atoms with Crippen LogP contribution < -0.4 is 9.47 Å². The van der Waals surface area contributed by atoms with Crippen molar-refractivity contribution < 1.29 is 19.4 Å². The van der Waals surface area contributed by atoms with Crippen molar-refractivity contribution in [3.8, 4) is 11.5 Å². The van der Waals surface area contributed by atoms with Crippen molar-refractivity contribution in [2.45, 2.75) is 25.5 Å². The first-order valence-electron chi connectivity index (χ1n) is 12.4. The van der Waals surface area contributed by atoms with Crippen molar-refractivity contribution in [1.29, 1.82) is 0 Å². The van der Waals surface area contributed by atoms with Crippen LogP contribution in [0.25, 0.3) is 0 Å². The highest BCUT2D eigenvalue weighted by Gasteiger charge is 2.27. The SMILES string of the molecule is CN1CCC(COc2ccc3c(c2)OCCN(CC(O)CN2CCc4ccccc4C2)C3=O)C1. The number of hydrogen-bond donors (Lipinski definition) is 1. The van der Waals surface area contributed by atoms with E-state index in [1.807, 2.05) is 12.1 Å². The zero-order chi connectivity index (χ0) is 23.5. The summed E-state index contributed by atoms with van der Waals surface area (Å²) in [6.07, 6.45) is 1.54. The molecule has 0 bridgehead atoms. The maximum absolute atomic E-state index is 13.2. The van der Waals surface area contributed by atoms with Gasteiger partial charge in [0.25, 0.3) is 5.91 Å². The van der Waals surface area contributed by atoms with Crippen molar-refractivity contribution in [1.82, 2.24) is 14.7 Å². The number of carbonyl (C=O) groups is 1. The Hall–Kier alpha value is -2.61. The van der Waals surface area contributed by atoms with E-state index in [0.717, 1.165) is 44.8 Å². The third-order valence-electron chi connectivity index (χ3n) is 7.17. The number of benzene rings is 2. The first kappa shape index (κ1) is 23.1. The number of hydrogen-bond acceptors (Lipinski definition) is 6. The third-order valence-corrected chi connectivity index (χ3v) is 7.17. The second-order valence-electron chi connectivity index (χ2n) is 9.89. The van der Waals surface area contributed by atoms with Gasteiger partial charge in [-0.1, -0.05) is 24.3 Å². The monoisotopic (exact) mass is 465 g/mol. The number of likely N-dealkylation sites (tertiary alicyclic amines) is 1. The lowest BCUT2D eigenvalue weighted by Gasteiger charge is -2.32. The fourth-order valence-corrected chi connectivity index (χ4v) is 5.30. The second-order valence-corrected chi connectivity index (χ2v) is 9.89. The molecule has 1 fully saturated rings. The Bertz CT molecular complexity index is 1010. The average molecular weight is 466 g/mol. The quantitative estimate of drug-likeness (QED) is 0.677. The van der Waals surface area contributed by atoms with Gasteiger partial charge in [-0.3, -0.25) is 9.69 Å². The van der Waals surface area contributed by atoms with Gasteiger partial charge in [0.1, 0.15) is 18.1 Å². The lowest BCUT2D eigenvalue weighted by atomic mass is 10.00. The normalized spacial score (nSPS) is 22.0. The number of fused-ring (bicyclic) bond motifs is 2. The minimum Gasteiger partial charge on any atom is -0.493 e. The highest BCUT2D eigenvalue weighted by molar-refractivity contribution is 5.97. The van der Waals surface area contributed by atoms with Crippen molar-refractivity contribution in [2.24, 2.45) is 5.92 Å². The molecule has 5 rings (SSSR count). The van der Waals surface area contributed by atoms with Crippen LogP contribution in [0.3, 0.4) is 0 Å². The molecule has 3 aliphatic rings. The number of carbonyl (C=O) groups excluding carboxylic acids is 1. The van der Waals surface area contributed by atoms with Gasteiger partial charge < -0.3 is 24.4 Å². The number of aliphatic hydroxyl groups excluding tert-OH is 1. The molecule has 3 aliphatic heterocycles. The van der Waals surface area contributed by atoms with Crippen LogP contribution in [-0.2, 0) is 13.0 Å². The first-order chi connectivity index (χ1) is 16.5. The van der Waals surface area contributed by atoms with E-state index in [1.165, 1.54) is 11.1 Å². The summed E-state index contributed by atoms with van der Waals surface area (Å²) in [4.78, 5) is 19.5. The van der Waals surface area contributed by atoms with Crippen molar-refractivity contribution >= 4 is 5.91 Å². The van der Waals surface area contributed by atoms with Crippen molar-refractivity contribution in [3.63, 3.8) is 0 Å². The van der Waals surface area contributed by atoms with Crippen LogP contribution in [0.5, 0.6) is 11.5 Å². The van der Waals surface area contributed by atoms with Gasteiger partial charge in [-0.05, 0) is 49.7 Å². The smallest absolute Gasteiger partial charge is 0.257 e. The van der Waals surface area contributed by atoms with Crippen molar-refractivity contribution in [2.75, 3.05) is 59.5 Å². The molecule has 7 nitrogen and oxygen atoms in total. The van der Waals surface area contributed by atoms with Gasteiger partial charge in [0.2, 0.25) is 0 Å². The van der Waals surface area contributed by atoms with Crippen LogP contribution >= 0.6 is 0 Å². The van der Waals surface area contributed by atoms with E-state index in [9.17, 15) is 9.90 Å². The number of amides is 1. The third kappa shape index (κ3) is 5.37. The largest absolute Gasteiger partial charge is 0.493 e. The fourth-order valence-electron chi connectivity index (χ4n) is 5.30. The van der Waals surface area contributed by atoms with Crippen LogP contribution in [0.15, 0.2) is 42.5 Å². The second kappa shape index (κ2) is 10.3. The maximum Gasteiger partial charge on any atom is 0.257 e. The number of β-amino-alcohol motifs (C(OH)–C–C–N with tert-alkyl or cyclic N) is 1. The minimum atomic E-state index is -0.608. The van der Waals surface area contributed by atoms with E-state index in [1.54, 1.807) is 11.0 Å². The van der Waals surface area contributed by atoms with E-state index >= 15 is 0 Å². The Morgan fingerprint density at radius 2 is 1.97 bits per heavy atom. The van der Waals surface area contributed by atoms with Gasteiger partial charge in [0.15, 0.2) is 0 Å². The number of ether oxygens (including phenoxy) is 2. The van der Waals surface area contributed by atoms with E-state index < -0.39 is 6.10 Å². The van der Waals surface area contributed by atoms with Crippen LogP contribution in [-0.4, -0.2) is 91.3 Å². The highest BCUT2D eigenvalue weighted by Crippen LogP contribution is 2.29. The fraction of sp³-hybridized carbons (Fsp3) is 0.519. The van der Waals surface area contributed by atoms with Crippen LogP contribution in [0.1, 0.15) is 27.9 Å². The summed E-state index contributed by atoms with van der Waals surface area (Å²) in [5.74, 6) is 1.74. The van der Waals surface area contributed by atoms with Gasteiger partial charge >= 0.3 is 0 Å². The predicted molar refractivity (Wildman–Crippen MR) is 130 cm³/mol. The molecule has 0 spiro atoms. The van der Waals surface area contributed by atoms with Gasteiger partial charge in [-0.25, -0.2) is 0 Å². The summed E-state index contributed by atoms with van der Waals surface area (Å²) < 4.78 is 11.9. The molecule has 1 amide bonds. The summed E-state index contributed by atoms with van der Waals surface area (Å²) in [7, 11) is 2.14. The highest BCUT2D eigenvalue weighted by atomic mass is 16.5. The predicted octanol–water partition coefficient (Wildman–Crippen LogP) is 2.27. The molecule has 3 heterocycles. The molecule has 0 saturated carbocycles. The van der Waals surface area contributed by atoms with Crippen LogP contribution in [0, 0.1) is 5.92 Å². The first-order valence-corrected chi connectivity index (χ1v) is 12.4. The summed E-state index contributed by atoms with van der Waals surface area (Å²) in [5.41, 5.74) is 3.25. The number of aliphatic hydroxyl groups is 1. The standard InChI is InChI=1S/C27H35N3O4/c1-28-10-8-20(15-28)19-34-24-6-7-25-26(14-24)33-13-12-30(27(25)32)18-23(31)17-29-11-9-21-4-2-3-5-22(21)16-29/h2-7,14,20,23,31H,8-13,15-19H2,1H3. The molecule has 2 atom stereocenters. The lowest BCUT2D eigenvalue weighted by molar-refractivity contribution is 0.0501. The Labute approximate surface area is 201 Å². The Balaban J connectivity index is 1.17. The summed E-state index contributed by atoms with van der Waals surface area (Å²) in [6.45, 7) is 6.32. The molecular formula is C27H35N3O4. The Morgan fingerprint density at radius 3 is 2.79 bits per heavy atom. The molecule has 2 aromatic rings. The van der Waals surface area contributed by atoms with Gasteiger partial charge in [0, 0.05) is 44.7 Å². The zero-order valence-electron chi connectivity index (χ0n) is 20.0. The molecule has 0 aromatic heterocycles. The topological polar surface area (TPSA) is 65.5 Å². The molecule has 1 N–H and O–H groups in total. The van der Waals surface area contributed by atoms with Gasteiger partial charge in [-0.2, -0.15) is 0 Å². The molecule has 2 unspecified atom stereocenters. The lowest BCUT2D eigenvalue weighted by Crippen LogP contribution is -2.44. The van der Waals surface area contributed by atoms with E-state index in [-0.39, 0.29) is 5.91 Å². The van der Waals surface area contributed by atoms with Crippen molar-refractivity contribution in [3.05, 3.63) is 59.2 Å². The molecule has 34 heavy (non-hydrogen) atoms. The van der Waals surface area contributed by atoms with E-state index in [0.29, 0.717) is 50.1 Å². The van der Waals surface area contributed by atoms with E-state index in [2.05, 4.69) is 41.1 Å². The average Bonchev–Trinajstić information content (AvgIpc) is 3.20. The maximum atomic E-state index is 13.2. The Kier molecular flexibility index (Phi) is 7.04. The zero-order valence-corrected chi connectivity index (χ0v) is 20.0. The molecule has 0 radical (unpaired) electrons. The molecular weight excluding hydrogens is 430 g/mol. The van der Waals surface area contributed by atoms with E-state index in [4.69, 9.17) is 9.47 Å². The van der Waals surface area contributed by atoms with Gasteiger partial charge in [-0.15, -0.1) is 0 Å². The molecule has 182 valence electrons. The summed E-state index contributed by atoms with van der Waals surface area (Å²) in [5, 5.41) is 10.8. The molecule has 0 aliphatic carbocycles.